The maximum atomic E-state index is 12.0. The smallest absolute Gasteiger partial charge is 0.412 e. The number of Topliss-reactive ketones (excluding diaryl/α,β-unsaturated/α-hetero) is 1. The highest BCUT2D eigenvalue weighted by Gasteiger charge is 2.22. The van der Waals surface area contributed by atoms with Crippen molar-refractivity contribution in [3.63, 3.8) is 0 Å². The molecular weight excluding hydrogens is 282 g/mol. The molecule has 2 N–H and O–H groups in total. The van der Waals surface area contributed by atoms with Crippen LogP contribution in [0.1, 0.15) is 45.6 Å². The first-order valence-corrected chi connectivity index (χ1v) is 7.32. The number of hydrogen-bond donors (Lipinski definition) is 2. The fourth-order valence-electron chi connectivity index (χ4n) is 2.33. The number of ether oxygens (including phenoxy) is 1. The summed E-state index contributed by atoms with van der Waals surface area (Å²) >= 11 is 0. The molecule has 1 aliphatic rings. The number of allylic oxidation sites excluding steroid dienone is 2. The molecule has 1 aliphatic carbocycles. The molecule has 0 radical (unpaired) electrons. The summed E-state index contributed by atoms with van der Waals surface area (Å²) < 4.78 is 5.19. The Kier molecular flexibility index (Phi) is 4.54. The lowest BCUT2D eigenvalue weighted by Gasteiger charge is -2.20. The number of aliphatic hydroxyl groups excluding tert-OH is 1. The van der Waals surface area contributed by atoms with Gasteiger partial charge in [0.2, 0.25) is 0 Å². The average molecular weight is 303 g/mol. The second-order valence-corrected chi connectivity index (χ2v) is 6.31. The number of benzene rings is 1. The van der Waals surface area contributed by atoms with E-state index in [2.05, 4.69) is 5.32 Å². The van der Waals surface area contributed by atoms with Gasteiger partial charge in [0, 0.05) is 18.5 Å². The van der Waals surface area contributed by atoms with E-state index in [0.29, 0.717) is 36.1 Å². The van der Waals surface area contributed by atoms with E-state index in [0.717, 1.165) is 0 Å². The van der Waals surface area contributed by atoms with Crippen molar-refractivity contribution < 1.29 is 19.4 Å². The van der Waals surface area contributed by atoms with Crippen LogP contribution >= 0.6 is 0 Å². The first-order chi connectivity index (χ1) is 10.3. The summed E-state index contributed by atoms with van der Waals surface area (Å²) in [6.07, 6.45) is 1.05. The third-order valence-electron chi connectivity index (χ3n) is 3.18. The van der Waals surface area contributed by atoms with E-state index in [9.17, 15) is 14.7 Å². The molecule has 0 aliphatic heterocycles. The molecule has 0 unspecified atom stereocenters. The van der Waals surface area contributed by atoms with Crippen LogP contribution in [0.15, 0.2) is 30.0 Å². The number of aliphatic hydroxyl groups is 1. The number of nitrogens with one attached hydrogen (secondary N) is 1. The van der Waals surface area contributed by atoms with Crippen molar-refractivity contribution in [1.29, 1.82) is 0 Å². The molecule has 5 heteroatoms. The van der Waals surface area contributed by atoms with E-state index < -0.39 is 11.7 Å². The fourth-order valence-corrected chi connectivity index (χ4v) is 2.33. The van der Waals surface area contributed by atoms with E-state index >= 15 is 0 Å². The number of carbonyl (C=O) groups is 2. The van der Waals surface area contributed by atoms with Gasteiger partial charge in [0.15, 0.2) is 5.78 Å². The van der Waals surface area contributed by atoms with Crippen LogP contribution in [0.5, 0.6) is 0 Å². The minimum absolute atomic E-state index is 0.0711. The molecule has 0 saturated carbocycles. The molecule has 0 spiro atoms. The monoisotopic (exact) mass is 303 g/mol. The number of hydrogen-bond acceptors (Lipinski definition) is 4. The predicted octanol–water partition coefficient (Wildman–Crippen LogP) is 4.06. The van der Waals surface area contributed by atoms with E-state index in [1.54, 1.807) is 45.0 Å². The van der Waals surface area contributed by atoms with Gasteiger partial charge in [0.25, 0.3) is 0 Å². The maximum Gasteiger partial charge on any atom is 0.412 e. The highest BCUT2D eigenvalue weighted by Crippen LogP contribution is 2.29. The molecule has 1 aromatic carbocycles. The lowest BCUT2D eigenvalue weighted by molar-refractivity contribution is -0.114. The van der Waals surface area contributed by atoms with Crippen molar-refractivity contribution in [1.82, 2.24) is 0 Å². The quantitative estimate of drug-likeness (QED) is 0.864. The lowest BCUT2D eigenvalue weighted by Crippen LogP contribution is -2.27. The van der Waals surface area contributed by atoms with Gasteiger partial charge in [0.05, 0.1) is 5.57 Å². The molecular formula is C17H21NO4. The lowest BCUT2D eigenvalue weighted by atomic mass is 9.91. The molecule has 0 bridgehead atoms. The Morgan fingerprint density at radius 3 is 2.64 bits per heavy atom. The fraction of sp³-hybridized carbons (Fsp3) is 0.412. The van der Waals surface area contributed by atoms with Gasteiger partial charge < -0.3 is 9.84 Å². The highest BCUT2D eigenvalue weighted by atomic mass is 16.6. The van der Waals surface area contributed by atoms with Gasteiger partial charge >= 0.3 is 6.09 Å². The van der Waals surface area contributed by atoms with Crippen LogP contribution in [0.4, 0.5) is 10.5 Å². The van der Waals surface area contributed by atoms with Crippen LogP contribution in [0.2, 0.25) is 0 Å². The Bertz CT molecular complexity index is 626. The Labute approximate surface area is 130 Å². The molecule has 118 valence electrons. The van der Waals surface area contributed by atoms with Crippen LogP contribution in [-0.4, -0.2) is 22.6 Å². The highest BCUT2D eigenvalue weighted by molar-refractivity contribution is 6.22. The van der Waals surface area contributed by atoms with Crippen LogP contribution in [0.25, 0.3) is 5.57 Å². The van der Waals surface area contributed by atoms with Gasteiger partial charge in [-0.15, -0.1) is 0 Å². The molecule has 0 heterocycles. The molecule has 1 aromatic rings. The third kappa shape index (κ3) is 4.10. The van der Waals surface area contributed by atoms with Gasteiger partial charge in [-0.2, -0.15) is 0 Å². The third-order valence-corrected chi connectivity index (χ3v) is 3.18. The molecule has 5 nitrogen and oxygen atoms in total. The van der Waals surface area contributed by atoms with Crippen LogP contribution in [-0.2, 0) is 9.53 Å². The van der Waals surface area contributed by atoms with E-state index in [1.165, 1.54) is 0 Å². The number of carbonyl (C=O) groups excluding carboxylic acids is 2. The maximum absolute atomic E-state index is 12.0. The predicted molar refractivity (Wildman–Crippen MR) is 84.7 cm³/mol. The molecule has 1 amide bonds. The van der Waals surface area contributed by atoms with Crippen LogP contribution < -0.4 is 5.32 Å². The van der Waals surface area contributed by atoms with Crippen molar-refractivity contribution in [2.45, 2.75) is 45.6 Å². The van der Waals surface area contributed by atoms with Crippen LogP contribution in [0.3, 0.4) is 0 Å². The van der Waals surface area contributed by atoms with Crippen molar-refractivity contribution in [3.05, 3.63) is 35.6 Å². The number of rotatable bonds is 2. The standard InChI is InChI=1S/C17H21NO4/c1-17(2,3)22-16(21)18-12-7-4-6-11(10-12)15-13(19)8-5-9-14(15)20/h4,6-7,10,19H,5,8-9H2,1-3H3,(H,18,21). The Morgan fingerprint density at radius 1 is 1.27 bits per heavy atom. The molecule has 0 aromatic heterocycles. The zero-order chi connectivity index (χ0) is 16.3. The average Bonchev–Trinajstić information content (AvgIpc) is 2.36. The molecule has 0 fully saturated rings. The minimum atomic E-state index is -0.582. The normalized spacial score (nSPS) is 15.7. The molecule has 22 heavy (non-hydrogen) atoms. The van der Waals surface area contributed by atoms with Gasteiger partial charge in [-0.25, -0.2) is 4.79 Å². The van der Waals surface area contributed by atoms with E-state index in [4.69, 9.17) is 4.74 Å². The summed E-state index contributed by atoms with van der Waals surface area (Å²) in [6.45, 7) is 5.35. The topological polar surface area (TPSA) is 75.6 Å². The summed E-state index contributed by atoms with van der Waals surface area (Å²) in [5, 5.41) is 12.6. The van der Waals surface area contributed by atoms with Crippen molar-refractivity contribution >= 4 is 23.1 Å². The van der Waals surface area contributed by atoms with Crippen LogP contribution in [0, 0.1) is 0 Å². The molecule has 0 atom stereocenters. The first-order valence-electron chi connectivity index (χ1n) is 7.32. The SMILES string of the molecule is CC(C)(C)OC(=O)Nc1cccc(C2=C(O)CCCC2=O)c1. The Morgan fingerprint density at radius 2 is 2.00 bits per heavy atom. The Hall–Kier alpha value is -2.30. The van der Waals surface area contributed by atoms with E-state index in [1.807, 2.05) is 0 Å². The zero-order valence-electron chi connectivity index (χ0n) is 13.1. The summed E-state index contributed by atoms with van der Waals surface area (Å²) in [7, 11) is 0. The summed E-state index contributed by atoms with van der Waals surface area (Å²) in [5.41, 5.74) is 0.891. The zero-order valence-corrected chi connectivity index (χ0v) is 13.1. The number of anilines is 1. The second kappa shape index (κ2) is 6.22. The number of ketones is 1. The van der Waals surface area contributed by atoms with Crippen molar-refractivity contribution in [3.8, 4) is 0 Å². The first kappa shape index (κ1) is 16.1. The summed E-state index contributed by atoms with van der Waals surface area (Å²) in [4.78, 5) is 23.8. The molecule has 0 saturated heterocycles. The second-order valence-electron chi connectivity index (χ2n) is 6.31. The Balaban J connectivity index is 2.20. The summed E-state index contributed by atoms with van der Waals surface area (Å²) in [6, 6.07) is 6.84. The van der Waals surface area contributed by atoms with Gasteiger partial charge in [-0.3, -0.25) is 10.1 Å². The van der Waals surface area contributed by atoms with Gasteiger partial charge in [-0.1, -0.05) is 12.1 Å². The largest absolute Gasteiger partial charge is 0.512 e. The van der Waals surface area contributed by atoms with Gasteiger partial charge in [0.1, 0.15) is 11.4 Å². The van der Waals surface area contributed by atoms with Gasteiger partial charge in [-0.05, 0) is 44.9 Å². The van der Waals surface area contributed by atoms with Crippen molar-refractivity contribution in [2.24, 2.45) is 0 Å². The minimum Gasteiger partial charge on any atom is -0.512 e. The number of amides is 1. The van der Waals surface area contributed by atoms with E-state index in [-0.39, 0.29) is 11.5 Å². The summed E-state index contributed by atoms with van der Waals surface area (Å²) in [5.74, 6) is 0.0452. The molecule has 2 rings (SSSR count). The van der Waals surface area contributed by atoms with Crippen molar-refractivity contribution in [2.75, 3.05) is 5.32 Å².